The van der Waals surface area contributed by atoms with Crippen LogP contribution in [0.3, 0.4) is 0 Å². The number of unbranched alkanes of at least 4 members (excludes halogenated alkanes) is 2. The van der Waals surface area contributed by atoms with Crippen LogP contribution >= 0.6 is 0 Å². The van der Waals surface area contributed by atoms with E-state index in [1.54, 1.807) is 14.1 Å². The number of carbonyl (C=O) groups is 3. The topological polar surface area (TPSA) is 174 Å². The van der Waals surface area contributed by atoms with Crippen LogP contribution in [0.1, 0.15) is 54.1 Å². The molecule has 0 spiro atoms. The third-order valence-electron chi connectivity index (χ3n) is 8.40. The Kier molecular flexibility index (Phi) is 7.44. The van der Waals surface area contributed by atoms with Crippen molar-refractivity contribution in [3.63, 3.8) is 0 Å². The summed E-state index contributed by atoms with van der Waals surface area (Å²) in [5, 5.41) is 37.1. The molecular formula is C28H36N4O7. The maximum Gasteiger partial charge on any atom is 0.255 e. The number of anilines is 1. The molecule has 0 saturated heterocycles. The first-order valence-electron chi connectivity index (χ1n) is 13.2. The zero-order chi connectivity index (χ0) is 29.0. The number of Topliss-reactive ketones (excluding diaryl/α,β-unsaturated/α-hetero) is 2. The highest BCUT2D eigenvalue weighted by Gasteiger charge is 2.63. The number of carbonyl (C=O) groups excluding carboxylic acids is 3. The maximum absolute atomic E-state index is 14.1. The normalized spacial score (nSPS) is 26.4. The molecule has 4 atom stereocenters. The van der Waals surface area contributed by atoms with Gasteiger partial charge in [0.2, 0.25) is 5.78 Å². The van der Waals surface area contributed by atoms with Crippen LogP contribution < -0.4 is 10.6 Å². The number of aryl methyl sites for hydroxylation is 1. The smallest absolute Gasteiger partial charge is 0.255 e. The molecule has 39 heavy (non-hydrogen) atoms. The van der Waals surface area contributed by atoms with E-state index in [1.807, 2.05) is 25.1 Å². The van der Waals surface area contributed by atoms with Crippen LogP contribution in [0.2, 0.25) is 0 Å². The summed E-state index contributed by atoms with van der Waals surface area (Å²) >= 11 is 0. The number of allylic oxidation sites excluding steroid dienone is 1. The lowest BCUT2D eigenvalue weighted by Crippen LogP contribution is -2.63. The summed E-state index contributed by atoms with van der Waals surface area (Å²) in [5.41, 5.74) is 3.05. The third-order valence-corrected chi connectivity index (χ3v) is 8.40. The lowest BCUT2D eigenvalue weighted by atomic mass is 9.58. The van der Waals surface area contributed by atoms with Gasteiger partial charge < -0.3 is 26.0 Å². The number of aliphatic hydroxyl groups excluding tert-OH is 1. The van der Waals surface area contributed by atoms with Crippen molar-refractivity contribution in [2.75, 3.05) is 33.1 Å². The molecule has 0 saturated carbocycles. The number of nitrogens with two attached hydrogens (primary N) is 1. The summed E-state index contributed by atoms with van der Waals surface area (Å²) < 4.78 is 0. The summed E-state index contributed by atoms with van der Waals surface area (Å²) in [4.78, 5) is 55.5. The number of hydrogen-bond donors (Lipinski definition) is 4. The van der Waals surface area contributed by atoms with Crippen molar-refractivity contribution in [3.8, 4) is 5.75 Å². The van der Waals surface area contributed by atoms with Crippen LogP contribution in [0.4, 0.5) is 5.69 Å². The zero-order valence-corrected chi connectivity index (χ0v) is 22.9. The predicted octanol–water partition coefficient (Wildman–Crippen LogP) is 2.13. The van der Waals surface area contributed by atoms with E-state index in [9.17, 15) is 34.6 Å². The Morgan fingerprint density at radius 3 is 2.38 bits per heavy atom. The van der Waals surface area contributed by atoms with Crippen molar-refractivity contribution in [1.29, 1.82) is 0 Å². The molecule has 0 unspecified atom stereocenters. The molecule has 0 aliphatic heterocycles. The van der Waals surface area contributed by atoms with E-state index in [1.165, 1.54) is 4.90 Å². The zero-order valence-electron chi connectivity index (χ0n) is 22.9. The van der Waals surface area contributed by atoms with E-state index in [0.717, 1.165) is 24.9 Å². The van der Waals surface area contributed by atoms with Gasteiger partial charge in [0.25, 0.3) is 5.91 Å². The molecule has 0 aromatic heterocycles. The number of fused-ring (bicyclic) bond motifs is 3. The second kappa shape index (κ2) is 10.2. The number of phenols is 1. The van der Waals surface area contributed by atoms with Crippen LogP contribution in [-0.4, -0.2) is 77.5 Å². The van der Waals surface area contributed by atoms with Crippen LogP contribution in [0.15, 0.2) is 33.8 Å². The van der Waals surface area contributed by atoms with Crippen LogP contribution in [0, 0.1) is 16.7 Å². The Hall–Kier alpha value is -3.57. The molecular weight excluding hydrogens is 504 g/mol. The minimum Gasteiger partial charge on any atom is -0.510 e. The van der Waals surface area contributed by atoms with Gasteiger partial charge >= 0.3 is 0 Å². The first kappa shape index (κ1) is 28.4. The fraction of sp³-hybridized carbons (Fsp3) is 0.536. The second-order valence-corrected chi connectivity index (χ2v) is 11.2. The van der Waals surface area contributed by atoms with Gasteiger partial charge in [-0.25, -0.2) is 0 Å². The molecule has 0 heterocycles. The minimum atomic E-state index is -2.66. The lowest BCUT2D eigenvalue weighted by Gasteiger charge is -2.50. The lowest BCUT2D eigenvalue weighted by molar-refractivity contribution is -0.144. The van der Waals surface area contributed by atoms with Crippen LogP contribution in [0.25, 0.3) is 0 Å². The minimum absolute atomic E-state index is 0.0306. The number of hydrogen-bond acceptors (Lipinski definition) is 10. The summed E-state index contributed by atoms with van der Waals surface area (Å²) in [6.07, 6.45) is 3.55. The Morgan fingerprint density at radius 1 is 1.18 bits per heavy atom. The summed E-state index contributed by atoms with van der Waals surface area (Å²) in [6.45, 7) is 2.06. The summed E-state index contributed by atoms with van der Waals surface area (Å²) in [5.74, 6) is -5.71. The Labute approximate surface area is 226 Å². The van der Waals surface area contributed by atoms with E-state index < -0.39 is 58.0 Å². The van der Waals surface area contributed by atoms with E-state index in [2.05, 4.69) is 12.1 Å². The van der Waals surface area contributed by atoms with E-state index in [0.29, 0.717) is 17.5 Å². The van der Waals surface area contributed by atoms with Crippen LogP contribution in [0.5, 0.6) is 5.75 Å². The molecule has 210 valence electrons. The van der Waals surface area contributed by atoms with Gasteiger partial charge in [-0.2, -0.15) is 0 Å². The van der Waals surface area contributed by atoms with E-state index in [-0.39, 0.29) is 29.7 Å². The number of amides is 1. The predicted molar refractivity (Wildman–Crippen MR) is 144 cm³/mol. The molecule has 0 fully saturated rings. The van der Waals surface area contributed by atoms with Crippen molar-refractivity contribution in [2.24, 2.45) is 22.7 Å². The fourth-order valence-corrected chi connectivity index (χ4v) is 6.63. The number of nitrogens with zero attached hydrogens (tertiary/aromatic N) is 3. The monoisotopic (exact) mass is 540 g/mol. The van der Waals surface area contributed by atoms with Gasteiger partial charge in [-0.3, -0.25) is 19.3 Å². The molecule has 11 nitrogen and oxygen atoms in total. The summed E-state index contributed by atoms with van der Waals surface area (Å²) in [6, 6.07) is 0.831. The van der Waals surface area contributed by atoms with Gasteiger partial charge in [-0.1, -0.05) is 19.8 Å². The van der Waals surface area contributed by atoms with Gasteiger partial charge in [0, 0.05) is 31.3 Å². The number of benzene rings is 1. The number of aromatic hydroxyl groups is 1. The number of rotatable bonds is 8. The Balaban J connectivity index is 1.98. The van der Waals surface area contributed by atoms with Crippen LogP contribution in [-0.2, 0) is 22.4 Å². The largest absolute Gasteiger partial charge is 0.510 e. The molecule has 4 rings (SSSR count). The number of primary amides is 1. The highest BCUT2D eigenvalue weighted by molar-refractivity contribution is 6.25. The second-order valence-electron chi connectivity index (χ2n) is 11.2. The van der Waals surface area contributed by atoms with Gasteiger partial charge in [0.1, 0.15) is 22.8 Å². The number of aliphatic hydroxyl groups is 2. The van der Waals surface area contributed by atoms with E-state index in [4.69, 9.17) is 5.73 Å². The highest BCUT2D eigenvalue weighted by Crippen LogP contribution is 2.54. The molecule has 1 amide bonds. The SMILES string of the molecule is CCCCCc1cc(N(C)C)c2c(c1O)C(=O)C1=C(N=O)[C@]3(O)C(=O)C(C(N)=O)=C(O)[C@@H](N(C)C)[C@@H]3C[C@@H]1C2. The molecule has 3 aliphatic carbocycles. The fourth-order valence-electron chi connectivity index (χ4n) is 6.63. The maximum atomic E-state index is 14.1. The Bertz CT molecular complexity index is 1330. The number of ketones is 2. The summed E-state index contributed by atoms with van der Waals surface area (Å²) in [7, 11) is 6.86. The average Bonchev–Trinajstić information content (AvgIpc) is 2.85. The van der Waals surface area contributed by atoms with Crippen molar-refractivity contribution in [2.45, 2.75) is 57.1 Å². The highest BCUT2D eigenvalue weighted by atomic mass is 16.3. The van der Waals surface area contributed by atoms with Gasteiger partial charge in [0.05, 0.1) is 11.6 Å². The molecule has 0 bridgehead atoms. The average molecular weight is 541 g/mol. The van der Waals surface area contributed by atoms with Crippen molar-refractivity contribution < 1.29 is 29.7 Å². The quantitative estimate of drug-likeness (QED) is 0.219. The van der Waals surface area contributed by atoms with Crippen molar-refractivity contribution >= 4 is 23.2 Å². The molecule has 1 aromatic carbocycles. The first-order chi connectivity index (χ1) is 18.3. The molecule has 11 heteroatoms. The number of likely N-dealkylation sites (N-methyl/N-ethyl adjacent to an activating group) is 1. The first-order valence-corrected chi connectivity index (χ1v) is 13.2. The molecule has 3 aliphatic rings. The van der Waals surface area contributed by atoms with E-state index >= 15 is 0 Å². The van der Waals surface area contributed by atoms with Gasteiger partial charge in [-0.05, 0) is 68.1 Å². The molecule has 0 radical (unpaired) electrons. The molecule has 1 aromatic rings. The third kappa shape index (κ3) is 4.15. The number of nitroso groups, excluding NO2 is 1. The van der Waals surface area contributed by atoms with Gasteiger partial charge in [-0.15, -0.1) is 4.91 Å². The molecule has 5 N–H and O–H groups in total. The van der Waals surface area contributed by atoms with Gasteiger partial charge in [0.15, 0.2) is 11.4 Å². The standard InChI is InChI=1S/C28H36N4O7/c1-6-7-8-9-13-12-17(31(2)3)15-10-14-11-16-21(32(4)5)24(35)20(27(29)37)26(36)28(16,38)25(30-39)18(14)23(34)19(15)22(13)33/h12,14,16,21,33,35,38H,6-11H2,1-5H3,(H2,29,37)/t14-,16-,21-,28-/m0/s1. The number of phenolic OH excluding ortho intramolecular Hbond substituents is 1. The Morgan fingerprint density at radius 2 is 1.85 bits per heavy atom. The van der Waals surface area contributed by atoms with Crippen molar-refractivity contribution in [1.82, 2.24) is 4.90 Å². The van der Waals surface area contributed by atoms with Crippen molar-refractivity contribution in [3.05, 3.63) is 50.3 Å².